The molecule has 12 heteroatoms. The first-order chi connectivity index (χ1) is 25.6. The number of aryl methyl sites for hydroxylation is 1. The summed E-state index contributed by atoms with van der Waals surface area (Å²) in [6.07, 6.45) is 5.53. The summed E-state index contributed by atoms with van der Waals surface area (Å²) < 4.78 is 4.11. The molecule has 0 saturated carbocycles. The molecule has 8 rings (SSSR count). The van der Waals surface area contributed by atoms with Crippen molar-refractivity contribution < 1.29 is 9.59 Å². The summed E-state index contributed by atoms with van der Waals surface area (Å²) in [5.41, 5.74) is 6.61. The molecular formula is C41H43BrN8O3. The molecule has 1 N–H and O–H groups in total. The van der Waals surface area contributed by atoms with Gasteiger partial charge in [0.2, 0.25) is 0 Å². The maximum absolute atomic E-state index is 14.5. The van der Waals surface area contributed by atoms with Crippen molar-refractivity contribution in [3.8, 4) is 16.9 Å². The largest absolute Gasteiger partial charge is 0.371 e. The van der Waals surface area contributed by atoms with E-state index in [4.69, 9.17) is 0 Å². The van der Waals surface area contributed by atoms with E-state index < -0.39 is 5.91 Å². The van der Waals surface area contributed by atoms with Crippen molar-refractivity contribution in [2.24, 2.45) is 5.41 Å². The monoisotopic (exact) mass is 774 g/mol. The number of anilines is 1. The molecule has 1 atom stereocenters. The number of nitrogens with zero attached hydrogens (tertiary/aromatic N) is 7. The van der Waals surface area contributed by atoms with E-state index in [1.54, 1.807) is 21.7 Å². The highest BCUT2D eigenvalue weighted by Gasteiger charge is 2.43. The van der Waals surface area contributed by atoms with Crippen LogP contribution in [0, 0.1) is 12.3 Å². The van der Waals surface area contributed by atoms with Gasteiger partial charge in [-0.15, -0.1) is 0 Å². The molecule has 2 saturated heterocycles. The number of carbonyl (C=O) groups excluding carboxylic acids is 2. The summed E-state index contributed by atoms with van der Waals surface area (Å²) in [5, 5.41) is 3.11. The number of piperidine rings is 1. The van der Waals surface area contributed by atoms with E-state index in [1.165, 1.54) is 36.8 Å². The highest BCUT2D eigenvalue weighted by atomic mass is 79.9. The van der Waals surface area contributed by atoms with Crippen molar-refractivity contribution in [2.45, 2.75) is 52.4 Å². The minimum Gasteiger partial charge on any atom is -0.371 e. The van der Waals surface area contributed by atoms with E-state index in [-0.39, 0.29) is 43.0 Å². The molecule has 0 aliphatic carbocycles. The zero-order chi connectivity index (χ0) is 36.9. The topological polar surface area (TPSA) is 109 Å². The summed E-state index contributed by atoms with van der Waals surface area (Å²) in [6, 6.07) is 22.8. The molecule has 3 aromatic carbocycles. The van der Waals surface area contributed by atoms with Gasteiger partial charge in [0.25, 0.3) is 11.8 Å². The minimum absolute atomic E-state index is 0.112. The zero-order valence-electron chi connectivity index (χ0n) is 30.3. The van der Waals surface area contributed by atoms with Gasteiger partial charge in [0, 0.05) is 72.8 Å². The summed E-state index contributed by atoms with van der Waals surface area (Å²) in [6.45, 7) is 8.81. The van der Waals surface area contributed by atoms with E-state index in [9.17, 15) is 14.4 Å². The third kappa shape index (κ3) is 6.59. The number of hydrogen-bond acceptors (Lipinski definition) is 7. The molecule has 5 heterocycles. The number of halogens is 1. The quantitative estimate of drug-likeness (QED) is 0.227. The van der Waals surface area contributed by atoms with Gasteiger partial charge in [-0.1, -0.05) is 40.2 Å². The van der Waals surface area contributed by atoms with Gasteiger partial charge in [0.05, 0.1) is 23.6 Å². The number of carbonyl (C=O) groups is 2. The van der Waals surface area contributed by atoms with Crippen LogP contribution in [0.25, 0.3) is 16.9 Å². The Morgan fingerprint density at radius 3 is 2.42 bits per heavy atom. The summed E-state index contributed by atoms with van der Waals surface area (Å²) in [5.74, 6) is -0.545. The molecule has 2 aromatic heterocycles. The lowest BCUT2D eigenvalue weighted by Crippen LogP contribution is -2.58. The van der Waals surface area contributed by atoms with E-state index in [0.29, 0.717) is 22.4 Å². The van der Waals surface area contributed by atoms with E-state index in [1.807, 2.05) is 68.4 Å². The second kappa shape index (κ2) is 14.1. The van der Waals surface area contributed by atoms with Crippen molar-refractivity contribution in [1.29, 1.82) is 0 Å². The third-order valence-electron chi connectivity index (χ3n) is 11.2. The van der Waals surface area contributed by atoms with Crippen LogP contribution in [0.15, 0.2) is 94.6 Å². The second-order valence-electron chi connectivity index (χ2n) is 14.9. The first-order valence-corrected chi connectivity index (χ1v) is 19.0. The summed E-state index contributed by atoms with van der Waals surface area (Å²) in [4.78, 5) is 57.8. The summed E-state index contributed by atoms with van der Waals surface area (Å²) >= 11 is 3.53. The van der Waals surface area contributed by atoms with Crippen LogP contribution in [-0.4, -0.2) is 80.0 Å². The Morgan fingerprint density at radius 2 is 1.72 bits per heavy atom. The molecule has 53 heavy (non-hydrogen) atoms. The lowest BCUT2D eigenvalue weighted by Gasteiger charge is -2.53. The number of fused-ring (bicyclic) bond motifs is 1. The average molecular weight is 776 g/mol. The molecule has 3 aliphatic rings. The highest BCUT2D eigenvalue weighted by molar-refractivity contribution is 9.10. The number of benzene rings is 3. The van der Waals surface area contributed by atoms with Crippen molar-refractivity contribution in [2.75, 3.05) is 38.1 Å². The Labute approximate surface area is 317 Å². The molecular weight excluding hydrogens is 732 g/mol. The van der Waals surface area contributed by atoms with Crippen molar-refractivity contribution in [3.05, 3.63) is 128 Å². The first-order valence-electron chi connectivity index (χ1n) is 18.2. The fourth-order valence-electron chi connectivity index (χ4n) is 8.41. The predicted octanol–water partition coefficient (Wildman–Crippen LogP) is 5.67. The van der Waals surface area contributed by atoms with Gasteiger partial charge in [-0.05, 0) is 98.8 Å². The van der Waals surface area contributed by atoms with E-state index >= 15 is 0 Å². The van der Waals surface area contributed by atoms with Gasteiger partial charge in [0.15, 0.2) is 0 Å². The number of aromatic nitrogens is 4. The van der Waals surface area contributed by atoms with Crippen LogP contribution < -0.4 is 15.9 Å². The molecule has 5 aromatic rings. The molecule has 0 bridgehead atoms. The van der Waals surface area contributed by atoms with Crippen LogP contribution >= 0.6 is 15.9 Å². The fraction of sp³-hybridized carbons (Fsp3) is 0.341. The number of amides is 2. The lowest BCUT2D eigenvalue weighted by atomic mass is 9.72. The third-order valence-corrected chi connectivity index (χ3v) is 12.1. The maximum Gasteiger partial charge on any atom is 0.333 e. The van der Waals surface area contributed by atoms with Gasteiger partial charge in [-0.2, -0.15) is 0 Å². The van der Waals surface area contributed by atoms with Crippen LogP contribution in [0.3, 0.4) is 0 Å². The Kier molecular flexibility index (Phi) is 9.28. The Bertz CT molecular complexity index is 2230. The zero-order valence-corrected chi connectivity index (χ0v) is 31.8. The molecule has 272 valence electrons. The Morgan fingerprint density at radius 1 is 0.981 bits per heavy atom. The Hall–Kier alpha value is -5.07. The van der Waals surface area contributed by atoms with Gasteiger partial charge in [-0.25, -0.2) is 14.8 Å². The smallest absolute Gasteiger partial charge is 0.333 e. The van der Waals surface area contributed by atoms with Crippen LogP contribution in [0.4, 0.5) is 5.69 Å². The Balaban J connectivity index is 1.13. The standard InChI is InChI=1S/C41H43BrN8O3/c1-27-20-29(8-13-34(27)42)39(52)48-23-36-37(38(51)44-21-30-6-4-5-7-33(30)35-14-17-43-26-45-35)50(40(53)49(36)22-28(48)2)32-11-9-31(10-12-32)47-18-15-41(16-19-47)24-46(3)25-41/h4-14,17,20,26,28H,15-16,18-19,21-25H2,1-3H3,(H,44,51). The maximum atomic E-state index is 14.5. The second-order valence-corrected chi connectivity index (χ2v) is 15.7. The molecule has 0 radical (unpaired) electrons. The van der Waals surface area contributed by atoms with E-state index in [0.717, 1.165) is 45.6 Å². The van der Waals surface area contributed by atoms with Gasteiger partial charge in [0.1, 0.15) is 12.0 Å². The van der Waals surface area contributed by atoms with Crippen LogP contribution in [0.2, 0.25) is 0 Å². The average Bonchev–Trinajstić information content (AvgIpc) is 3.45. The van der Waals surface area contributed by atoms with Crippen molar-refractivity contribution >= 4 is 33.4 Å². The molecule has 2 fully saturated rings. The van der Waals surface area contributed by atoms with Gasteiger partial charge >= 0.3 is 5.69 Å². The normalized spacial score (nSPS) is 18.1. The van der Waals surface area contributed by atoms with Gasteiger partial charge in [-0.3, -0.25) is 18.7 Å². The molecule has 2 amide bonds. The highest BCUT2D eigenvalue weighted by Crippen LogP contribution is 2.40. The van der Waals surface area contributed by atoms with Gasteiger partial charge < -0.3 is 20.0 Å². The molecule has 11 nitrogen and oxygen atoms in total. The van der Waals surface area contributed by atoms with Crippen LogP contribution in [0.1, 0.15) is 57.4 Å². The number of rotatable bonds is 7. The first kappa shape index (κ1) is 35.0. The minimum atomic E-state index is -0.398. The van der Waals surface area contributed by atoms with Crippen molar-refractivity contribution in [3.63, 3.8) is 0 Å². The molecule has 1 unspecified atom stereocenters. The molecule has 1 spiro atoms. The number of nitrogens with one attached hydrogen (secondary N) is 1. The van der Waals surface area contributed by atoms with E-state index in [2.05, 4.69) is 60.2 Å². The molecule has 3 aliphatic heterocycles. The predicted molar refractivity (Wildman–Crippen MR) is 208 cm³/mol. The fourth-order valence-corrected chi connectivity index (χ4v) is 8.65. The number of likely N-dealkylation sites (tertiary alicyclic amines) is 1. The number of hydrogen-bond donors (Lipinski definition) is 1. The van der Waals surface area contributed by atoms with Crippen LogP contribution in [0.5, 0.6) is 0 Å². The SMILES string of the molecule is Cc1cc(C(=O)N2Cc3c(C(=O)NCc4ccccc4-c4ccncn4)n(-c4ccc(N5CCC6(CC5)CN(C)C6)cc4)c(=O)n3CC2C)ccc1Br. The summed E-state index contributed by atoms with van der Waals surface area (Å²) in [7, 11) is 2.19. The van der Waals surface area contributed by atoms with Crippen molar-refractivity contribution in [1.82, 2.24) is 34.2 Å². The number of imidazole rings is 1. The lowest BCUT2D eigenvalue weighted by molar-refractivity contribution is 0.00132. The van der Waals surface area contributed by atoms with Crippen LogP contribution in [-0.2, 0) is 19.6 Å².